The van der Waals surface area contributed by atoms with Crippen molar-refractivity contribution in [2.24, 2.45) is 0 Å². The molecule has 0 N–H and O–H groups in total. The first kappa shape index (κ1) is 21.8. The lowest BCUT2D eigenvalue weighted by Crippen LogP contribution is -2.30. The van der Waals surface area contributed by atoms with Crippen molar-refractivity contribution >= 4 is 34.3 Å². The maximum atomic E-state index is 13.7. The molecule has 1 amide bonds. The van der Waals surface area contributed by atoms with Crippen LogP contribution in [0.3, 0.4) is 0 Å². The number of aryl methyl sites for hydroxylation is 1. The van der Waals surface area contributed by atoms with Crippen LogP contribution in [0.15, 0.2) is 50.1 Å². The summed E-state index contributed by atoms with van der Waals surface area (Å²) in [7, 11) is 4.44. The van der Waals surface area contributed by atoms with Crippen molar-refractivity contribution in [3.63, 3.8) is 0 Å². The van der Waals surface area contributed by atoms with Gasteiger partial charge in [0, 0.05) is 16.7 Å². The van der Waals surface area contributed by atoms with Crippen molar-refractivity contribution in [3.05, 3.63) is 74.3 Å². The Kier molecular flexibility index (Phi) is 5.21. The number of hydrogen-bond acceptors (Lipinski definition) is 8. The maximum Gasteiger partial charge on any atom is 0.296 e. The van der Waals surface area contributed by atoms with Gasteiger partial charge < -0.3 is 23.2 Å². The predicted octanol–water partition coefficient (Wildman–Crippen LogP) is 4.52. The summed E-state index contributed by atoms with van der Waals surface area (Å²) in [4.78, 5) is 28.7. The lowest BCUT2D eigenvalue weighted by molar-refractivity contribution is 0.0969. The van der Waals surface area contributed by atoms with E-state index in [0.717, 1.165) is 0 Å². The topological polar surface area (TPSA) is 104 Å². The molecule has 0 saturated heterocycles. The van der Waals surface area contributed by atoms with Crippen LogP contribution in [0.25, 0.3) is 11.0 Å². The highest BCUT2D eigenvalue weighted by Crippen LogP contribution is 2.49. The number of carbonyl (C=O) groups is 1. The van der Waals surface area contributed by atoms with Gasteiger partial charge in [-0.1, -0.05) is 16.8 Å². The van der Waals surface area contributed by atoms with Gasteiger partial charge in [0.1, 0.15) is 17.4 Å². The molecule has 0 saturated carbocycles. The Morgan fingerprint density at radius 3 is 2.41 bits per heavy atom. The summed E-state index contributed by atoms with van der Waals surface area (Å²) in [6.45, 7) is 1.70. The number of hydrogen-bond donors (Lipinski definition) is 0. The van der Waals surface area contributed by atoms with E-state index in [1.165, 1.54) is 32.3 Å². The third-order valence-electron chi connectivity index (χ3n) is 5.72. The van der Waals surface area contributed by atoms with Crippen molar-refractivity contribution in [1.82, 2.24) is 5.16 Å². The molecule has 1 atom stereocenters. The van der Waals surface area contributed by atoms with Gasteiger partial charge in [-0.2, -0.15) is 0 Å². The Labute approximate surface area is 198 Å². The summed E-state index contributed by atoms with van der Waals surface area (Å²) in [5.74, 6) is 1.11. The predicted molar refractivity (Wildman–Crippen MR) is 123 cm³/mol. The van der Waals surface area contributed by atoms with Gasteiger partial charge in [0.25, 0.3) is 5.91 Å². The van der Waals surface area contributed by atoms with Gasteiger partial charge in [-0.3, -0.25) is 14.5 Å². The van der Waals surface area contributed by atoms with Crippen molar-refractivity contribution in [1.29, 1.82) is 0 Å². The number of amides is 1. The number of ether oxygens (including phenoxy) is 3. The number of methoxy groups -OCH3 is 3. The first-order valence-electron chi connectivity index (χ1n) is 10.2. The van der Waals surface area contributed by atoms with Gasteiger partial charge in [0.2, 0.25) is 11.5 Å². The van der Waals surface area contributed by atoms with E-state index in [9.17, 15) is 9.59 Å². The van der Waals surface area contributed by atoms with E-state index in [1.807, 2.05) is 0 Å². The van der Waals surface area contributed by atoms with Crippen molar-refractivity contribution in [2.75, 3.05) is 26.2 Å². The zero-order valence-electron chi connectivity index (χ0n) is 18.7. The van der Waals surface area contributed by atoms with Crippen LogP contribution >= 0.6 is 11.6 Å². The van der Waals surface area contributed by atoms with E-state index >= 15 is 0 Å². The second-order valence-corrected chi connectivity index (χ2v) is 8.05. The molecule has 0 fully saturated rings. The summed E-state index contributed by atoms with van der Waals surface area (Å²) in [5.41, 5.74) is 0.460. The lowest BCUT2D eigenvalue weighted by atomic mass is 9.97. The smallest absolute Gasteiger partial charge is 0.296 e. The number of carbonyl (C=O) groups excluding carboxylic acids is 1. The summed E-state index contributed by atoms with van der Waals surface area (Å²) >= 11 is 6.14. The quantitative estimate of drug-likeness (QED) is 0.409. The van der Waals surface area contributed by atoms with Crippen molar-refractivity contribution < 1.29 is 27.9 Å². The molecule has 2 aromatic heterocycles. The fourth-order valence-electron chi connectivity index (χ4n) is 4.28. The van der Waals surface area contributed by atoms with E-state index in [1.54, 1.807) is 37.3 Å². The van der Waals surface area contributed by atoms with E-state index in [4.69, 9.17) is 34.8 Å². The normalized spacial score (nSPS) is 15.0. The molecule has 0 aliphatic carbocycles. The Balaban J connectivity index is 1.86. The third kappa shape index (κ3) is 3.12. The largest absolute Gasteiger partial charge is 0.493 e. The Morgan fingerprint density at radius 1 is 1.00 bits per heavy atom. The Hall–Kier alpha value is -3.98. The molecule has 9 nitrogen and oxygen atoms in total. The first-order valence-corrected chi connectivity index (χ1v) is 10.6. The second-order valence-electron chi connectivity index (χ2n) is 7.61. The minimum atomic E-state index is -0.943. The van der Waals surface area contributed by atoms with Crippen LogP contribution in [0.4, 0.5) is 5.82 Å². The van der Waals surface area contributed by atoms with Crippen LogP contribution in [-0.4, -0.2) is 32.4 Å². The fraction of sp³-hybridized carbons (Fsp3) is 0.208. The molecule has 3 heterocycles. The van der Waals surface area contributed by atoms with Gasteiger partial charge in [0.15, 0.2) is 22.7 Å². The maximum absolute atomic E-state index is 13.7. The standard InChI is InChI=1S/C24H19ClN2O7/c1-11-9-17(26-34-11)27-19(13-6-8-16(30-2)22(32-4)21(13)31-3)18-20(28)14-10-12(25)5-7-15(14)33-23(18)24(27)29/h5-10,19H,1-4H3. The van der Waals surface area contributed by atoms with E-state index in [0.29, 0.717) is 33.6 Å². The average molecular weight is 483 g/mol. The molecule has 4 aromatic rings. The molecule has 0 bridgehead atoms. The van der Waals surface area contributed by atoms with Crippen molar-refractivity contribution in [2.45, 2.75) is 13.0 Å². The molecule has 2 aromatic carbocycles. The van der Waals surface area contributed by atoms with E-state index < -0.39 is 17.4 Å². The minimum absolute atomic E-state index is 0.0951. The molecule has 0 radical (unpaired) electrons. The molecule has 34 heavy (non-hydrogen) atoms. The molecule has 1 aliphatic rings. The van der Waals surface area contributed by atoms with Crippen LogP contribution in [0.5, 0.6) is 17.2 Å². The lowest BCUT2D eigenvalue weighted by Gasteiger charge is -2.25. The number of anilines is 1. The van der Waals surface area contributed by atoms with Crippen LogP contribution in [0.2, 0.25) is 5.02 Å². The summed E-state index contributed by atoms with van der Waals surface area (Å²) in [6, 6.07) is 8.69. The van der Waals surface area contributed by atoms with Gasteiger partial charge in [-0.05, 0) is 37.3 Å². The van der Waals surface area contributed by atoms with Gasteiger partial charge in [0.05, 0.1) is 32.3 Å². The average Bonchev–Trinajstić information content (AvgIpc) is 3.39. The summed E-state index contributed by atoms with van der Waals surface area (Å²) in [5, 5.41) is 4.64. The zero-order valence-corrected chi connectivity index (χ0v) is 19.4. The molecule has 0 spiro atoms. The van der Waals surface area contributed by atoms with Gasteiger partial charge >= 0.3 is 0 Å². The SMILES string of the molecule is COc1ccc(C2c3c(oc4ccc(Cl)cc4c3=O)C(=O)N2c2cc(C)on2)c(OC)c1OC. The number of benzene rings is 2. The first-order chi connectivity index (χ1) is 16.4. The highest BCUT2D eigenvalue weighted by atomic mass is 35.5. The molecule has 10 heteroatoms. The highest BCUT2D eigenvalue weighted by Gasteiger charge is 2.46. The van der Waals surface area contributed by atoms with Crippen LogP contribution in [0.1, 0.15) is 33.5 Å². The van der Waals surface area contributed by atoms with Crippen LogP contribution in [-0.2, 0) is 0 Å². The van der Waals surface area contributed by atoms with Crippen LogP contribution < -0.4 is 24.5 Å². The molecular weight excluding hydrogens is 464 g/mol. The highest BCUT2D eigenvalue weighted by molar-refractivity contribution is 6.31. The van der Waals surface area contributed by atoms with Crippen molar-refractivity contribution in [3.8, 4) is 17.2 Å². The monoisotopic (exact) mass is 482 g/mol. The van der Waals surface area contributed by atoms with E-state index in [2.05, 4.69) is 5.16 Å². The fourth-order valence-corrected chi connectivity index (χ4v) is 4.45. The number of aromatic nitrogens is 1. The number of fused-ring (bicyclic) bond motifs is 2. The summed E-state index contributed by atoms with van der Waals surface area (Å²) < 4.78 is 27.7. The van der Waals surface area contributed by atoms with E-state index in [-0.39, 0.29) is 28.1 Å². The number of rotatable bonds is 5. The van der Waals surface area contributed by atoms with Crippen LogP contribution in [0, 0.1) is 6.92 Å². The molecule has 5 rings (SSSR count). The van der Waals surface area contributed by atoms with Gasteiger partial charge in [-0.25, -0.2) is 0 Å². The Morgan fingerprint density at radius 2 is 1.76 bits per heavy atom. The summed E-state index contributed by atoms with van der Waals surface area (Å²) in [6.07, 6.45) is 0. The molecular formula is C24H19ClN2O7. The Bertz CT molecular complexity index is 1510. The zero-order chi connectivity index (χ0) is 24.1. The number of nitrogens with zero attached hydrogens (tertiary/aromatic N) is 2. The second kappa shape index (κ2) is 8.11. The minimum Gasteiger partial charge on any atom is -0.493 e. The number of halogens is 1. The molecule has 174 valence electrons. The molecule has 1 unspecified atom stereocenters. The molecule has 1 aliphatic heterocycles. The van der Waals surface area contributed by atoms with Gasteiger partial charge in [-0.15, -0.1) is 0 Å². The third-order valence-corrected chi connectivity index (χ3v) is 5.96.